The van der Waals surface area contributed by atoms with E-state index in [1.807, 2.05) is 4.90 Å². The lowest BCUT2D eigenvalue weighted by Crippen LogP contribution is -2.42. The van der Waals surface area contributed by atoms with Crippen LogP contribution in [0.1, 0.15) is 54.0 Å². The Morgan fingerprint density at radius 2 is 1.58 bits per heavy atom. The molecular weight excluding hydrogens is 493 g/mol. The zero-order valence-corrected chi connectivity index (χ0v) is 19.9. The third kappa shape index (κ3) is 6.56. The standard InChI is InChI=1S/C25H27F7N2O2/c1-14(16-10-17(24(27,28)29)12-18(11-16)25(30,31)32)36-21-9-8-20(34(3)13-22(35)33-2)23(21)15-4-6-19(26)7-5-15/h4-7,10-12,14,20-21,23H,8-9,13H2,1-3H3,(H,33,35)/t14-,20?,21?,23?/m1/s1. The number of carbonyl (C=O) groups is 1. The second-order valence-electron chi connectivity index (χ2n) is 8.97. The molecule has 0 radical (unpaired) electrons. The number of halogens is 7. The van der Waals surface area contributed by atoms with Crippen LogP contribution in [-0.2, 0) is 21.9 Å². The Kier molecular flexibility index (Phi) is 8.34. The molecule has 36 heavy (non-hydrogen) atoms. The number of hydrogen-bond donors (Lipinski definition) is 1. The fourth-order valence-electron chi connectivity index (χ4n) is 4.69. The van der Waals surface area contributed by atoms with Gasteiger partial charge in [-0.3, -0.25) is 9.69 Å². The van der Waals surface area contributed by atoms with Crippen LogP contribution in [0.3, 0.4) is 0 Å². The van der Waals surface area contributed by atoms with Crippen molar-refractivity contribution in [3.8, 4) is 0 Å². The van der Waals surface area contributed by atoms with Gasteiger partial charge in [-0.05, 0) is 68.3 Å². The van der Waals surface area contributed by atoms with Crippen molar-refractivity contribution in [2.45, 2.75) is 56.3 Å². The number of nitrogens with one attached hydrogen (secondary N) is 1. The zero-order valence-electron chi connectivity index (χ0n) is 19.9. The number of rotatable bonds is 7. The highest BCUT2D eigenvalue weighted by atomic mass is 19.4. The Labute approximate surface area is 204 Å². The van der Waals surface area contributed by atoms with Gasteiger partial charge in [-0.15, -0.1) is 0 Å². The first-order valence-electron chi connectivity index (χ1n) is 11.3. The summed E-state index contributed by atoms with van der Waals surface area (Å²) in [6.07, 6.45) is -10.6. The molecule has 1 N–H and O–H groups in total. The monoisotopic (exact) mass is 520 g/mol. The summed E-state index contributed by atoms with van der Waals surface area (Å²) in [6, 6.07) is 6.86. The van der Waals surface area contributed by atoms with Crippen LogP contribution in [0.2, 0.25) is 0 Å². The lowest BCUT2D eigenvalue weighted by atomic mass is 9.91. The van der Waals surface area contributed by atoms with Crippen LogP contribution in [0.15, 0.2) is 42.5 Å². The maximum Gasteiger partial charge on any atom is 0.416 e. The van der Waals surface area contributed by atoms with Crippen molar-refractivity contribution in [1.82, 2.24) is 10.2 Å². The van der Waals surface area contributed by atoms with Crippen molar-refractivity contribution < 1.29 is 40.3 Å². The highest BCUT2D eigenvalue weighted by Crippen LogP contribution is 2.43. The largest absolute Gasteiger partial charge is 0.416 e. The van der Waals surface area contributed by atoms with Gasteiger partial charge in [0.05, 0.1) is 29.9 Å². The molecule has 4 nitrogen and oxygen atoms in total. The van der Waals surface area contributed by atoms with Gasteiger partial charge in [-0.25, -0.2) is 4.39 Å². The highest BCUT2D eigenvalue weighted by Gasteiger charge is 2.42. The Morgan fingerprint density at radius 3 is 2.08 bits per heavy atom. The summed E-state index contributed by atoms with van der Waals surface area (Å²) in [7, 11) is 3.24. The van der Waals surface area contributed by atoms with E-state index < -0.39 is 47.4 Å². The molecule has 3 unspecified atom stereocenters. The Hall–Kier alpha value is -2.66. The number of nitrogens with zero attached hydrogens (tertiary/aromatic N) is 1. The van der Waals surface area contributed by atoms with Gasteiger partial charge in [-0.1, -0.05) is 12.1 Å². The molecule has 1 saturated carbocycles. The van der Waals surface area contributed by atoms with E-state index in [0.29, 0.717) is 30.5 Å². The molecule has 0 bridgehead atoms. The fraction of sp³-hybridized carbons (Fsp3) is 0.480. The molecule has 198 valence electrons. The third-order valence-corrected chi connectivity index (χ3v) is 6.51. The quantitative estimate of drug-likeness (QED) is 0.460. The molecule has 3 rings (SSSR count). The normalized spacial score (nSPS) is 21.6. The van der Waals surface area contributed by atoms with Gasteiger partial charge < -0.3 is 10.1 Å². The van der Waals surface area contributed by atoms with E-state index in [9.17, 15) is 35.5 Å². The molecule has 2 aromatic rings. The number of alkyl halides is 6. The second-order valence-corrected chi connectivity index (χ2v) is 8.97. The lowest BCUT2D eigenvalue weighted by Gasteiger charge is -2.33. The molecule has 1 fully saturated rings. The zero-order chi connectivity index (χ0) is 26.8. The van der Waals surface area contributed by atoms with Gasteiger partial charge in [0.1, 0.15) is 5.82 Å². The number of benzene rings is 2. The van der Waals surface area contributed by atoms with Gasteiger partial charge in [0.25, 0.3) is 0 Å². The number of hydrogen-bond acceptors (Lipinski definition) is 3. The average molecular weight is 520 g/mol. The van der Waals surface area contributed by atoms with E-state index in [-0.39, 0.29) is 30.1 Å². The van der Waals surface area contributed by atoms with Gasteiger partial charge in [-0.2, -0.15) is 26.3 Å². The molecule has 0 spiro atoms. The Morgan fingerprint density at radius 1 is 1.03 bits per heavy atom. The van der Waals surface area contributed by atoms with E-state index in [2.05, 4.69) is 5.32 Å². The SMILES string of the molecule is CNC(=O)CN(C)C1CCC(O[C@H](C)c2cc(C(F)(F)F)cc(C(F)(F)F)c2)C1c1ccc(F)cc1. The summed E-state index contributed by atoms with van der Waals surface area (Å²) in [5.74, 6) is -1.08. The number of carbonyl (C=O) groups excluding carboxylic acids is 1. The Balaban J connectivity index is 1.93. The predicted molar refractivity (Wildman–Crippen MR) is 119 cm³/mol. The van der Waals surface area contributed by atoms with Crippen molar-refractivity contribution in [2.75, 3.05) is 20.6 Å². The highest BCUT2D eigenvalue weighted by molar-refractivity contribution is 5.77. The van der Waals surface area contributed by atoms with E-state index in [0.717, 1.165) is 0 Å². The van der Waals surface area contributed by atoms with Gasteiger partial charge in [0.2, 0.25) is 5.91 Å². The maximum absolute atomic E-state index is 13.6. The summed E-state index contributed by atoms with van der Waals surface area (Å²) in [5, 5.41) is 2.54. The molecule has 2 aromatic carbocycles. The number of amides is 1. The minimum Gasteiger partial charge on any atom is -0.370 e. The van der Waals surface area contributed by atoms with Crippen LogP contribution < -0.4 is 5.32 Å². The summed E-state index contributed by atoms with van der Waals surface area (Å²) >= 11 is 0. The summed E-state index contributed by atoms with van der Waals surface area (Å²) in [6.45, 7) is 1.47. The predicted octanol–water partition coefficient (Wildman–Crippen LogP) is 5.93. The summed E-state index contributed by atoms with van der Waals surface area (Å²) < 4.78 is 99.6. The maximum atomic E-state index is 13.6. The molecule has 1 aliphatic carbocycles. The second kappa shape index (κ2) is 10.8. The molecule has 0 heterocycles. The van der Waals surface area contributed by atoms with Crippen LogP contribution in [-0.4, -0.2) is 43.6 Å². The van der Waals surface area contributed by atoms with Gasteiger partial charge >= 0.3 is 12.4 Å². The summed E-state index contributed by atoms with van der Waals surface area (Å²) in [5.41, 5.74) is -2.38. The number of likely N-dealkylation sites (N-methyl/N-ethyl adjacent to an activating group) is 2. The molecule has 4 atom stereocenters. The van der Waals surface area contributed by atoms with Crippen molar-refractivity contribution >= 4 is 5.91 Å². The first-order chi connectivity index (χ1) is 16.7. The van der Waals surface area contributed by atoms with Crippen LogP contribution in [0.5, 0.6) is 0 Å². The first kappa shape index (κ1) is 27.9. The smallest absolute Gasteiger partial charge is 0.370 e. The molecule has 0 aromatic heterocycles. The van der Waals surface area contributed by atoms with Crippen molar-refractivity contribution in [3.63, 3.8) is 0 Å². The van der Waals surface area contributed by atoms with Crippen molar-refractivity contribution in [1.29, 1.82) is 0 Å². The molecule has 1 aliphatic rings. The number of ether oxygens (including phenoxy) is 1. The third-order valence-electron chi connectivity index (χ3n) is 6.51. The van der Waals surface area contributed by atoms with E-state index in [4.69, 9.17) is 4.74 Å². The summed E-state index contributed by atoms with van der Waals surface area (Å²) in [4.78, 5) is 13.7. The minimum absolute atomic E-state index is 0.0731. The molecular formula is C25H27F7N2O2. The van der Waals surface area contributed by atoms with Crippen LogP contribution >= 0.6 is 0 Å². The van der Waals surface area contributed by atoms with Crippen LogP contribution in [0.4, 0.5) is 30.7 Å². The first-order valence-corrected chi connectivity index (χ1v) is 11.3. The molecule has 1 amide bonds. The molecule has 0 aliphatic heterocycles. The molecule has 0 saturated heterocycles. The topological polar surface area (TPSA) is 41.6 Å². The van der Waals surface area contributed by atoms with Crippen molar-refractivity contribution in [2.24, 2.45) is 0 Å². The van der Waals surface area contributed by atoms with Crippen LogP contribution in [0, 0.1) is 5.82 Å². The van der Waals surface area contributed by atoms with Gasteiger partial charge in [0.15, 0.2) is 0 Å². The fourth-order valence-corrected chi connectivity index (χ4v) is 4.69. The van der Waals surface area contributed by atoms with Crippen LogP contribution in [0.25, 0.3) is 0 Å². The minimum atomic E-state index is -4.96. The van der Waals surface area contributed by atoms with E-state index >= 15 is 0 Å². The van der Waals surface area contributed by atoms with E-state index in [1.54, 1.807) is 19.2 Å². The van der Waals surface area contributed by atoms with E-state index in [1.165, 1.54) is 26.1 Å². The van der Waals surface area contributed by atoms with Gasteiger partial charge in [0, 0.05) is 19.0 Å². The molecule has 11 heteroatoms. The Bertz CT molecular complexity index is 1020. The average Bonchev–Trinajstić information content (AvgIpc) is 3.21. The van der Waals surface area contributed by atoms with Crippen molar-refractivity contribution in [3.05, 3.63) is 70.5 Å². The lowest BCUT2D eigenvalue weighted by molar-refractivity contribution is -0.143.